The fourth-order valence-electron chi connectivity index (χ4n) is 2.13. The van der Waals surface area contributed by atoms with Gasteiger partial charge in [0, 0.05) is 0 Å². The van der Waals surface area contributed by atoms with E-state index in [-0.39, 0.29) is 0 Å². The predicted molar refractivity (Wildman–Crippen MR) is 76.5 cm³/mol. The summed E-state index contributed by atoms with van der Waals surface area (Å²) in [6, 6.07) is 1.27. The summed E-state index contributed by atoms with van der Waals surface area (Å²) in [7, 11) is -2.22. The molecule has 2 nitrogen and oxygen atoms in total. The SMILES string of the molecule is C[C@H](C[C@@H](C)N[Si](C)(C)C)N[Si](C)(C)C. The minimum atomic E-state index is -1.11. The summed E-state index contributed by atoms with van der Waals surface area (Å²) in [6.45, 7) is 18.8. The summed E-state index contributed by atoms with van der Waals surface area (Å²) in [5, 5.41) is 0. The zero-order valence-electron chi connectivity index (χ0n) is 11.9. The molecule has 0 saturated carbocycles. The van der Waals surface area contributed by atoms with Crippen molar-refractivity contribution in [1.82, 2.24) is 9.96 Å². The van der Waals surface area contributed by atoms with Crippen LogP contribution in [-0.4, -0.2) is 28.6 Å². The molecule has 0 aliphatic carbocycles. The quantitative estimate of drug-likeness (QED) is 0.704. The van der Waals surface area contributed by atoms with Crippen molar-refractivity contribution in [1.29, 1.82) is 0 Å². The highest BCUT2D eigenvalue weighted by Crippen LogP contribution is 2.06. The molecular formula is C11H30N2Si2. The monoisotopic (exact) mass is 246 g/mol. The van der Waals surface area contributed by atoms with Crippen molar-refractivity contribution in [3.63, 3.8) is 0 Å². The van der Waals surface area contributed by atoms with Crippen LogP contribution in [0.15, 0.2) is 0 Å². The van der Waals surface area contributed by atoms with Crippen LogP contribution in [0.2, 0.25) is 39.3 Å². The van der Waals surface area contributed by atoms with Gasteiger partial charge in [0.05, 0.1) is 0 Å². The van der Waals surface area contributed by atoms with Gasteiger partial charge in [0.25, 0.3) is 0 Å². The lowest BCUT2D eigenvalue weighted by Gasteiger charge is -2.29. The van der Waals surface area contributed by atoms with E-state index in [1.54, 1.807) is 0 Å². The second kappa shape index (κ2) is 5.61. The molecule has 0 saturated heterocycles. The van der Waals surface area contributed by atoms with E-state index in [1.807, 2.05) is 0 Å². The van der Waals surface area contributed by atoms with Gasteiger partial charge < -0.3 is 9.96 Å². The summed E-state index contributed by atoms with van der Waals surface area (Å²) in [4.78, 5) is 7.50. The lowest BCUT2D eigenvalue weighted by atomic mass is 10.1. The van der Waals surface area contributed by atoms with Gasteiger partial charge in [-0.05, 0) is 18.5 Å². The third-order valence-electron chi connectivity index (χ3n) is 2.07. The maximum absolute atomic E-state index is 3.75. The third kappa shape index (κ3) is 10.6. The van der Waals surface area contributed by atoms with Crippen molar-refractivity contribution in [2.75, 3.05) is 0 Å². The Bertz CT molecular complexity index is 162. The fourth-order valence-corrected chi connectivity index (χ4v) is 5.32. The zero-order valence-corrected chi connectivity index (χ0v) is 13.9. The van der Waals surface area contributed by atoms with Gasteiger partial charge in [-0.3, -0.25) is 0 Å². The maximum Gasteiger partial charge on any atom is 0.116 e. The molecule has 0 radical (unpaired) electrons. The summed E-state index contributed by atoms with van der Waals surface area (Å²) in [5.41, 5.74) is 0. The van der Waals surface area contributed by atoms with Crippen LogP contribution < -0.4 is 9.96 Å². The predicted octanol–water partition coefficient (Wildman–Crippen LogP) is 3.00. The topological polar surface area (TPSA) is 24.1 Å². The van der Waals surface area contributed by atoms with Crippen LogP contribution in [0.25, 0.3) is 0 Å². The molecule has 0 fully saturated rings. The number of hydrogen-bond donors (Lipinski definition) is 2. The Labute approximate surface area is 98.4 Å². The van der Waals surface area contributed by atoms with E-state index in [0.717, 1.165) is 0 Å². The highest BCUT2D eigenvalue weighted by molar-refractivity contribution is 6.74. The molecule has 0 aliphatic heterocycles. The standard InChI is InChI=1S/C11H30N2Si2/c1-10(12-14(3,4)5)9-11(2)13-15(6,7)8/h10-13H,9H2,1-8H3/t10-,11-/m1/s1. The largest absolute Gasteiger partial charge is 0.335 e. The first-order valence-electron chi connectivity index (χ1n) is 6.05. The second-order valence-electron chi connectivity index (χ2n) is 6.83. The average Bonchev–Trinajstić information content (AvgIpc) is 1.73. The summed E-state index contributed by atoms with van der Waals surface area (Å²) >= 11 is 0. The molecular weight excluding hydrogens is 216 g/mol. The van der Waals surface area contributed by atoms with Gasteiger partial charge in [0.1, 0.15) is 16.5 Å². The van der Waals surface area contributed by atoms with Crippen molar-refractivity contribution < 1.29 is 0 Å². The van der Waals surface area contributed by atoms with E-state index in [0.29, 0.717) is 12.1 Å². The molecule has 0 spiro atoms. The molecule has 2 atom stereocenters. The van der Waals surface area contributed by atoms with E-state index < -0.39 is 16.5 Å². The molecule has 0 aromatic heterocycles. The Morgan fingerprint density at radius 3 is 1.20 bits per heavy atom. The molecule has 4 heteroatoms. The van der Waals surface area contributed by atoms with Crippen LogP contribution in [0.3, 0.4) is 0 Å². The van der Waals surface area contributed by atoms with Gasteiger partial charge in [0.2, 0.25) is 0 Å². The third-order valence-corrected chi connectivity index (χ3v) is 4.78. The molecule has 0 aliphatic rings. The van der Waals surface area contributed by atoms with Crippen LogP contribution in [0.5, 0.6) is 0 Å². The van der Waals surface area contributed by atoms with Crippen LogP contribution >= 0.6 is 0 Å². The number of nitrogens with one attached hydrogen (secondary N) is 2. The van der Waals surface area contributed by atoms with E-state index in [9.17, 15) is 0 Å². The van der Waals surface area contributed by atoms with Gasteiger partial charge in [-0.1, -0.05) is 53.1 Å². The lowest BCUT2D eigenvalue weighted by Crippen LogP contribution is -2.52. The normalized spacial score (nSPS) is 17.6. The Kier molecular flexibility index (Phi) is 5.75. The highest BCUT2D eigenvalue weighted by Gasteiger charge is 2.20. The Balaban J connectivity index is 3.92. The van der Waals surface area contributed by atoms with Crippen molar-refractivity contribution >= 4 is 16.5 Å². The molecule has 0 heterocycles. The molecule has 15 heavy (non-hydrogen) atoms. The van der Waals surface area contributed by atoms with Crippen molar-refractivity contribution in [2.24, 2.45) is 0 Å². The number of hydrogen-bond acceptors (Lipinski definition) is 2. The fraction of sp³-hybridized carbons (Fsp3) is 1.00. The van der Waals surface area contributed by atoms with Gasteiger partial charge in [-0.25, -0.2) is 0 Å². The van der Waals surface area contributed by atoms with Gasteiger partial charge in [-0.2, -0.15) is 0 Å². The summed E-state index contributed by atoms with van der Waals surface area (Å²) in [6.07, 6.45) is 1.23. The summed E-state index contributed by atoms with van der Waals surface area (Å²) < 4.78 is 0. The molecule has 0 aromatic carbocycles. The maximum atomic E-state index is 3.75. The molecule has 2 N–H and O–H groups in total. The van der Waals surface area contributed by atoms with Crippen LogP contribution in [0, 0.1) is 0 Å². The van der Waals surface area contributed by atoms with E-state index in [4.69, 9.17) is 0 Å². The van der Waals surface area contributed by atoms with Crippen LogP contribution in [-0.2, 0) is 0 Å². The zero-order chi connectivity index (χ0) is 12.3. The first kappa shape index (κ1) is 15.4. The minimum Gasteiger partial charge on any atom is -0.335 e. The smallest absolute Gasteiger partial charge is 0.116 e. The van der Waals surface area contributed by atoms with Gasteiger partial charge >= 0.3 is 0 Å². The van der Waals surface area contributed by atoms with Crippen LogP contribution in [0.4, 0.5) is 0 Å². The average molecular weight is 247 g/mol. The number of rotatable bonds is 6. The molecule has 0 unspecified atom stereocenters. The lowest BCUT2D eigenvalue weighted by molar-refractivity contribution is 0.513. The Morgan fingerprint density at radius 2 is 1.00 bits per heavy atom. The first-order valence-corrected chi connectivity index (χ1v) is 13.0. The molecule has 92 valence electrons. The van der Waals surface area contributed by atoms with Gasteiger partial charge in [0.15, 0.2) is 0 Å². The van der Waals surface area contributed by atoms with E-state index in [2.05, 4.69) is 63.1 Å². The van der Waals surface area contributed by atoms with Crippen molar-refractivity contribution in [3.05, 3.63) is 0 Å². The summed E-state index contributed by atoms with van der Waals surface area (Å²) in [5.74, 6) is 0. The van der Waals surface area contributed by atoms with E-state index >= 15 is 0 Å². The van der Waals surface area contributed by atoms with Crippen molar-refractivity contribution in [3.8, 4) is 0 Å². The molecule has 0 aromatic rings. The Morgan fingerprint density at radius 1 is 0.733 bits per heavy atom. The molecule has 0 bridgehead atoms. The molecule has 0 rings (SSSR count). The van der Waals surface area contributed by atoms with E-state index in [1.165, 1.54) is 6.42 Å². The van der Waals surface area contributed by atoms with Gasteiger partial charge in [-0.15, -0.1) is 0 Å². The van der Waals surface area contributed by atoms with Crippen molar-refractivity contribution in [2.45, 2.75) is 71.6 Å². The Hall–Kier alpha value is 0.354. The highest BCUT2D eigenvalue weighted by atomic mass is 28.3. The van der Waals surface area contributed by atoms with Crippen LogP contribution in [0.1, 0.15) is 20.3 Å². The second-order valence-corrected chi connectivity index (χ2v) is 16.4. The molecule has 0 amide bonds. The minimum absolute atomic E-state index is 0.635. The first-order chi connectivity index (χ1) is 6.49.